The van der Waals surface area contributed by atoms with Crippen LogP contribution in [0.3, 0.4) is 0 Å². The molecule has 1 aromatic carbocycles. The molecule has 0 unspecified atom stereocenters. The average Bonchev–Trinajstić information content (AvgIpc) is 2.19. The smallest absolute Gasteiger partial charge is 0.134 e. The lowest BCUT2D eigenvalue weighted by Gasteiger charge is -2.12. The Bertz CT molecular complexity index is 340. The highest BCUT2D eigenvalue weighted by Crippen LogP contribution is 2.32. The van der Waals surface area contributed by atoms with Crippen molar-refractivity contribution in [1.29, 1.82) is 0 Å². The number of methoxy groups -OCH3 is 1. The molecular formula is C11H16BrNO2. The summed E-state index contributed by atoms with van der Waals surface area (Å²) in [4.78, 5) is 0. The van der Waals surface area contributed by atoms with Gasteiger partial charge < -0.3 is 15.2 Å². The molecule has 0 aliphatic heterocycles. The van der Waals surface area contributed by atoms with Crippen molar-refractivity contribution in [3.63, 3.8) is 0 Å². The first-order chi connectivity index (χ1) is 7.04. The van der Waals surface area contributed by atoms with Gasteiger partial charge in [-0.2, -0.15) is 0 Å². The number of phenols is 1. The molecule has 0 spiro atoms. The number of hydrogen-bond donors (Lipinski definition) is 2. The molecule has 15 heavy (non-hydrogen) atoms. The van der Waals surface area contributed by atoms with Crippen LogP contribution in [-0.4, -0.2) is 18.3 Å². The van der Waals surface area contributed by atoms with Crippen molar-refractivity contribution in [2.45, 2.75) is 26.4 Å². The highest BCUT2D eigenvalue weighted by Gasteiger charge is 2.08. The van der Waals surface area contributed by atoms with E-state index < -0.39 is 0 Å². The summed E-state index contributed by atoms with van der Waals surface area (Å²) in [7, 11) is 1.61. The van der Waals surface area contributed by atoms with Crippen LogP contribution in [0.4, 0.5) is 0 Å². The fourth-order valence-electron chi connectivity index (χ4n) is 1.20. The highest BCUT2D eigenvalue weighted by molar-refractivity contribution is 9.10. The van der Waals surface area contributed by atoms with Gasteiger partial charge in [0, 0.05) is 18.2 Å². The van der Waals surface area contributed by atoms with Crippen LogP contribution in [0, 0.1) is 0 Å². The highest BCUT2D eigenvalue weighted by atomic mass is 79.9. The van der Waals surface area contributed by atoms with E-state index in [9.17, 15) is 5.11 Å². The molecule has 4 heteroatoms. The summed E-state index contributed by atoms with van der Waals surface area (Å²) in [6.07, 6.45) is 0. The van der Waals surface area contributed by atoms with Gasteiger partial charge in [-0.15, -0.1) is 0 Å². The molecule has 0 fully saturated rings. The lowest BCUT2D eigenvalue weighted by Crippen LogP contribution is -2.21. The van der Waals surface area contributed by atoms with Crippen molar-refractivity contribution in [2.24, 2.45) is 0 Å². The zero-order valence-corrected chi connectivity index (χ0v) is 10.8. The van der Waals surface area contributed by atoms with E-state index in [0.29, 0.717) is 17.1 Å². The van der Waals surface area contributed by atoms with Crippen LogP contribution in [0.5, 0.6) is 11.5 Å². The summed E-state index contributed by atoms with van der Waals surface area (Å²) in [5.74, 6) is 1.00. The molecule has 0 aliphatic rings. The number of phenolic OH excluding ortho intramolecular Hbond substituents is 1. The van der Waals surface area contributed by atoms with Crippen molar-refractivity contribution in [2.75, 3.05) is 7.11 Å². The number of nitrogens with one attached hydrogen (secondary N) is 1. The topological polar surface area (TPSA) is 41.5 Å². The van der Waals surface area contributed by atoms with Crippen molar-refractivity contribution in [3.8, 4) is 11.5 Å². The van der Waals surface area contributed by atoms with Gasteiger partial charge in [0.2, 0.25) is 0 Å². The van der Waals surface area contributed by atoms with Gasteiger partial charge in [0.05, 0.1) is 11.6 Å². The summed E-state index contributed by atoms with van der Waals surface area (Å²) in [5.41, 5.74) is 0.829. The van der Waals surface area contributed by atoms with Crippen LogP contribution < -0.4 is 10.1 Å². The van der Waals surface area contributed by atoms with Gasteiger partial charge in [-0.05, 0) is 28.1 Å². The molecule has 1 aromatic rings. The van der Waals surface area contributed by atoms with Gasteiger partial charge >= 0.3 is 0 Å². The summed E-state index contributed by atoms with van der Waals surface area (Å²) in [6.45, 7) is 4.75. The molecule has 0 atom stereocenters. The number of halogens is 1. The molecule has 0 heterocycles. The second-order valence-electron chi connectivity index (χ2n) is 3.65. The van der Waals surface area contributed by atoms with E-state index in [1.165, 1.54) is 0 Å². The first-order valence-corrected chi connectivity index (χ1v) is 5.62. The molecule has 2 N–H and O–H groups in total. The summed E-state index contributed by atoms with van der Waals surface area (Å²) < 4.78 is 5.78. The average molecular weight is 274 g/mol. The van der Waals surface area contributed by atoms with Crippen molar-refractivity contribution >= 4 is 15.9 Å². The Balaban J connectivity index is 2.90. The third-order valence-corrected chi connectivity index (χ3v) is 2.66. The van der Waals surface area contributed by atoms with E-state index in [1.807, 2.05) is 6.07 Å². The Kier molecular flexibility index (Phi) is 4.42. The normalized spacial score (nSPS) is 10.7. The van der Waals surface area contributed by atoms with Crippen molar-refractivity contribution < 1.29 is 9.84 Å². The van der Waals surface area contributed by atoms with Gasteiger partial charge in [-0.25, -0.2) is 0 Å². The van der Waals surface area contributed by atoms with E-state index in [1.54, 1.807) is 13.2 Å². The second-order valence-corrected chi connectivity index (χ2v) is 4.51. The maximum Gasteiger partial charge on any atom is 0.134 e. The van der Waals surface area contributed by atoms with Crippen LogP contribution in [0.2, 0.25) is 0 Å². The molecule has 0 amide bonds. The number of benzene rings is 1. The minimum absolute atomic E-state index is 0.268. The Morgan fingerprint density at radius 2 is 2.13 bits per heavy atom. The SMILES string of the molecule is COc1cc(Br)c(O)c(CNC(C)C)c1. The van der Waals surface area contributed by atoms with E-state index in [4.69, 9.17) is 4.74 Å². The lowest BCUT2D eigenvalue weighted by molar-refractivity contribution is 0.408. The van der Waals surface area contributed by atoms with Crippen LogP contribution >= 0.6 is 15.9 Å². The quantitative estimate of drug-likeness (QED) is 0.887. The van der Waals surface area contributed by atoms with E-state index in [-0.39, 0.29) is 5.75 Å². The fraction of sp³-hybridized carbons (Fsp3) is 0.455. The lowest BCUT2D eigenvalue weighted by atomic mass is 10.2. The van der Waals surface area contributed by atoms with E-state index in [2.05, 4.69) is 35.1 Å². The number of aromatic hydroxyl groups is 1. The predicted molar refractivity (Wildman–Crippen MR) is 64.3 cm³/mol. The predicted octanol–water partition coefficient (Wildman–Crippen LogP) is 2.66. The standard InChI is InChI=1S/C11H16BrNO2/c1-7(2)13-6-8-4-9(15-3)5-10(12)11(8)14/h4-5,7,13-14H,6H2,1-3H3. The summed E-state index contributed by atoms with van der Waals surface area (Å²) in [5, 5.41) is 13.0. The Morgan fingerprint density at radius 3 is 2.67 bits per heavy atom. The van der Waals surface area contributed by atoms with Gasteiger partial charge in [-0.1, -0.05) is 13.8 Å². The number of hydrogen-bond acceptors (Lipinski definition) is 3. The van der Waals surface area contributed by atoms with E-state index in [0.717, 1.165) is 11.3 Å². The Hall–Kier alpha value is -0.740. The van der Waals surface area contributed by atoms with Gasteiger partial charge in [0.25, 0.3) is 0 Å². The molecule has 0 radical (unpaired) electrons. The Morgan fingerprint density at radius 1 is 1.47 bits per heavy atom. The molecule has 84 valence electrons. The van der Waals surface area contributed by atoms with Gasteiger partial charge in [0.1, 0.15) is 11.5 Å². The fourth-order valence-corrected chi connectivity index (χ4v) is 1.68. The summed E-state index contributed by atoms with van der Waals surface area (Å²) >= 11 is 3.29. The van der Waals surface area contributed by atoms with Gasteiger partial charge in [0.15, 0.2) is 0 Å². The molecule has 0 saturated carbocycles. The molecule has 0 aromatic heterocycles. The largest absolute Gasteiger partial charge is 0.506 e. The van der Waals surface area contributed by atoms with Crippen LogP contribution in [0.1, 0.15) is 19.4 Å². The maximum absolute atomic E-state index is 9.79. The molecule has 0 saturated heterocycles. The minimum Gasteiger partial charge on any atom is -0.506 e. The first kappa shape index (κ1) is 12.3. The third kappa shape index (κ3) is 3.39. The zero-order chi connectivity index (χ0) is 11.4. The monoisotopic (exact) mass is 273 g/mol. The molecule has 1 rings (SSSR count). The number of rotatable bonds is 4. The zero-order valence-electron chi connectivity index (χ0n) is 9.17. The van der Waals surface area contributed by atoms with Crippen LogP contribution in [0.25, 0.3) is 0 Å². The molecule has 0 aliphatic carbocycles. The second kappa shape index (κ2) is 5.37. The number of ether oxygens (including phenoxy) is 1. The minimum atomic E-state index is 0.268. The molecule has 0 bridgehead atoms. The van der Waals surface area contributed by atoms with Crippen LogP contribution in [-0.2, 0) is 6.54 Å². The van der Waals surface area contributed by atoms with E-state index >= 15 is 0 Å². The van der Waals surface area contributed by atoms with Gasteiger partial charge in [-0.3, -0.25) is 0 Å². The molecule has 3 nitrogen and oxygen atoms in total. The first-order valence-electron chi connectivity index (χ1n) is 4.83. The van der Waals surface area contributed by atoms with Crippen molar-refractivity contribution in [1.82, 2.24) is 5.32 Å². The van der Waals surface area contributed by atoms with Crippen LogP contribution in [0.15, 0.2) is 16.6 Å². The van der Waals surface area contributed by atoms with Crippen molar-refractivity contribution in [3.05, 3.63) is 22.2 Å². The maximum atomic E-state index is 9.79. The molecular weight excluding hydrogens is 258 g/mol. The Labute approximate surface area is 98.6 Å². The summed E-state index contributed by atoms with van der Waals surface area (Å²) in [6, 6.07) is 3.96. The third-order valence-electron chi connectivity index (χ3n) is 2.05.